The number of nitrogens with zero attached hydrogens (tertiary/aromatic N) is 4. The van der Waals surface area contributed by atoms with Crippen LogP contribution in [0, 0.1) is 5.41 Å². The zero-order valence-corrected chi connectivity index (χ0v) is 40.8. The van der Waals surface area contributed by atoms with E-state index in [1.165, 1.54) is 29.0 Å². The SMILES string of the molecule is CNCC1(C)CCC(c2ccc(Cl)cc2)=C(CN2CCN(c3ccc(C(=O)NS(=O)(=O)c4ccc(NCCCN5CCOCC5)c(S(=O)(=O)C(F)(F)F)c4)c(Oc4cnc5[nH]ccc5c4)c3)CC2)C1. The highest BCUT2D eigenvalue weighted by atomic mass is 35.5. The van der Waals surface area contributed by atoms with Gasteiger partial charge in [-0.1, -0.05) is 36.2 Å². The van der Waals surface area contributed by atoms with Crippen molar-refractivity contribution >= 4 is 65.3 Å². The monoisotopic (exact) mass is 1010 g/mol. The van der Waals surface area contributed by atoms with Crippen molar-refractivity contribution in [2.45, 2.75) is 47.9 Å². The molecule has 3 aliphatic rings. The third-order valence-corrected chi connectivity index (χ3v) is 16.1. The van der Waals surface area contributed by atoms with Crippen LogP contribution in [0.3, 0.4) is 0 Å². The number of rotatable bonds is 17. The average molecular weight is 1010 g/mol. The third-order valence-electron chi connectivity index (χ3n) is 13.0. The number of allylic oxidation sites excluding steroid dienone is 1. The molecular weight excluding hydrogens is 957 g/mol. The van der Waals surface area contributed by atoms with Crippen LogP contribution >= 0.6 is 11.6 Å². The second kappa shape index (κ2) is 21.0. The molecule has 1 amide bonds. The molecule has 2 fully saturated rings. The molecule has 0 spiro atoms. The number of hydrogen-bond donors (Lipinski definition) is 4. The number of halogens is 4. The Hall–Kier alpha value is -5.22. The topological polar surface area (TPSA) is 178 Å². The smallest absolute Gasteiger partial charge is 0.455 e. The summed E-state index contributed by atoms with van der Waals surface area (Å²) in [7, 11) is -9.02. The van der Waals surface area contributed by atoms with E-state index in [0.717, 1.165) is 57.6 Å². The molecule has 2 saturated heterocycles. The van der Waals surface area contributed by atoms with Crippen LogP contribution in [0.4, 0.5) is 24.5 Å². The third kappa shape index (κ3) is 11.9. The summed E-state index contributed by atoms with van der Waals surface area (Å²) in [5.41, 5.74) is -1.01. The van der Waals surface area contributed by atoms with E-state index in [2.05, 4.69) is 54.4 Å². The summed E-state index contributed by atoms with van der Waals surface area (Å²) in [4.78, 5) is 26.0. The Labute approximate surface area is 405 Å². The highest BCUT2D eigenvalue weighted by molar-refractivity contribution is 7.92. The molecule has 1 unspecified atom stereocenters. The summed E-state index contributed by atoms with van der Waals surface area (Å²) >= 11 is 6.25. The maximum atomic E-state index is 14.0. The van der Waals surface area contributed by atoms with Gasteiger partial charge in [-0.25, -0.2) is 26.5 Å². The number of benzene rings is 3. The van der Waals surface area contributed by atoms with Gasteiger partial charge in [0.2, 0.25) is 0 Å². The number of fused-ring (bicyclic) bond motifs is 1. The van der Waals surface area contributed by atoms with Gasteiger partial charge in [0.1, 0.15) is 22.0 Å². The molecule has 4 N–H and O–H groups in total. The minimum Gasteiger partial charge on any atom is -0.455 e. The quantitative estimate of drug-likeness (QED) is 0.0673. The normalized spacial score (nSPS) is 19.0. The predicted molar refractivity (Wildman–Crippen MR) is 260 cm³/mol. The second-order valence-corrected chi connectivity index (χ2v) is 22.0. The molecule has 8 rings (SSSR count). The number of aromatic amines is 1. The maximum absolute atomic E-state index is 14.0. The van der Waals surface area contributed by atoms with Crippen molar-refractivity contribution in [3.05, 3.63) is 107 Å². The number of morpholine rings is 1. The Kier molecular flexibility index (Phi) is 15.3. The Morgan fingerprint density at radius 1 is 0.942 bits per heavy atom. The number of carbonyl (C=O) groups is 1. The molecule has 0 saturated carbocycles. The van der Waals surface area contributed by atoms with E-state index in [9.17, 15) is 34.8 Å². The van der Waals surface area contributed by atoms with Crippen LogP contribution in [0.25, 0.3) is 16.6 Å². The molecule has 0 radical (unpaired) electrons. The van der Waals surface area contributed by atoms with E-state index in [1.54, 1.807) is 30.5 Å². The van der Waals surface area contributed by atoms with E-state index < -0.39 is 46.8 Å². The average Bonchev–Trinajstić information content (AvgIpc) is 3.79. The first-order valence-corrected chi connectivity index (χ1v) is 26.2. The van der Waals surface area contributed by atoms with E-state index in [4.69, 9.17) is 21.1 Å². The summed E-state index contributed by atoms with van der Waals surface area (Å²) in [6, 6.07) is 18.6. The highest BCUT2D eigenvalue weighted by Gasteiger charge is 2.48. The summed E-state index contributed by atoms with van der Waals surface area (Å²) in [6.07, 6.45) is 6.60. The van der Waals surface area contributed by atoms with Crippen molar-refractivity contribution in [3.8, 4) is 11.5 Å². The molecule has 5 aromatic rings. The number of anilines is 2. The van der Waals surface area contributed by atoms with Crippen molar-refractivity contribution in [1.82, 2.24) is 29.8 Å². The molecule has 1 aliphatic carbocycles. The number of sulfone groups is 1. The van der Waals surface area contributed by atoms with Crippen molar-refractivity contribution in [2.75, 3.05) is 95.9 Å². The summed E-state index contributed by atoms with van der Waals surface area (Å²) in [5, 5.41) is 7.52. The van der Waals surface area contributed by atoms with Gasteiger partial charge in [-0.05, 0) is 110 Å². The molecule has 2 aliphatic heterocycles. The van der Waals surface area contributed by atoms with E-state index in [0.29, 0.717) is 80.2 Å². The number of pyridine rings is 1. The Morgan fingerprint density at radius 2 is 1.70 bits per heavy atom. The number of carbonyl (C=O) groups excluding carboxylic acids is 1. The van der Waals surface area contributed by atoms with Crippen LogP contribution in [-0.4, -0.2) is 134 Å². The van der Waals surface area contributed by atoms with Gasteiger partial charge >= 0.3 is 5.51 Å². The Morgan fingerprint density at radius 3 is 2.42 bits per heavy atom. The first-order chi connectivity index (χ1) is 32.9. The number of amides is 1. The van der Waals surface area contributed by atoms with Gasteiger partial charge < -0.3 is 30.0 Å². The van der Waals surface area contributed by atoms with Gasteiger partial charge in [-0.2, -0.15) is 13.2 Å². The van der Waals surface area contributed by atoms with E-state index in [-0.39, 0.29) is 29.0 Å². The fourth-order valence-corrected chi connectivity index (χ4v) is 11.5. The number of aromatic nitrogens is 2. The number of hydrogen-bond acceptors (Lipinski definition) is 13. The van der Waals surface area contributed by atoms with Crippen LogP contribution in [0.2, 0.25) is 5.02 Å². The molecule has 3 aromatic carbocycles. The summed E-state index contributed by atoms with van der Waals surface area (Å²) < 4.78 is 109. The zero-order chi connectivity index (χ0) is 49.0. The summed E-state index contributed by atoms with van der Waals surface area (Å²) in [6.45, 7) is 9.95. The lowest BCUT2D eigenvalue weighted by atomic mass is 9.71. The fraction of sp³-hybridized carbons (Fsp3) is 0.417. The molecule has 4 heterocycles. The largest absolute Gasteiger partial charge is 0.501 e. The van der Waals surface area contributed by atoms with E-state index >= 15 is 0 Å². The molecule has 0 bridgehead atoms. The lowest BCUT2D eigenvalue weighted by molar-refractivity contribution is -0.0435. The standard InChI is InChI=1S/C48H56ClF3N8O7S2/c1-47(32-53-2)14-12-40(33-4-6-36(49)7-5-33)35(29-47)31-59-18-20-60(21-19-59)37-8-10-41(43(27-37)67-38-26-34-13-16-55-45(34)56-30-38)46(61)57-69(64,65)39-9-11-42(44(28-39)68(62,63)48(50,51)52)54-15-3-17-58-22-24-66-25-23-58/h4-11,13,16,26-28,30,53-54H,3,12,14-15,17-25,29,31-32H2,1-2H3,(H,55,56)(H,57,61). The van der Waals surface area contributed by atoms with Crippen LogP contribution in [0.5, 0.6) is 11.5 Å². The first-order valence-electron chi connectivity index (χ1n) is 22.8. The van der Waals surface area contributed by atoms with Crippen LogP contribution in [0.1, 0.15) is 48.5 Å². The van der Waals surface area contributed by atoms with Gasteiger partial charge in [-0.15, -0.1) is 0 Å². The van der Waals surface area contributed by atoms with Crippen LogP contribution < -0.4 is 25.0 Å². The molecule has 15 nitrogen and oxygen atoms in total. The second-order valence-electron chi connectivity index (χ2n) is 18.0. The first kappa shape index (κ1) is 50.2. The number of piperazine rings is 1. The number of H-pyrrole nitrogens is 1. The maximum Gasteiger partial charge on any atom is 0.501 e. The number of nitrogens with one attached hydrogen (secondary N) is 4. The molecule has 370 valence electrons. The minimum absolute atomic E-state index is 0.0138. The van der Waals surface area contributed by atoms with Gasteiger partial charge in [-0.3, -0.25) is 14.6 Å². The zero-order valence-electron chi connectivity index (χ0n) is 38.4. The van der Waals surface area contributed by atoms with Gasteiger partial charge in [0.05, 0.1) is 35.6 Å². The Balaban J connectivity index is 1.02. The number of alkyl halides is 3. The fourth-order valence-electron chi connectivity index (χ4n) is 9.31. The van der Waals surface area contributed by atoms with Crippen LogP contribution in [-0.2, 0) is 24.6 Å². The number of sulfonamides is 1. The van der Waals surface area contributed by atoms with Crippen molar-refractivity contribution in [3.63, 3.8) is 0 Å². The van der Waals surface area contributed by atoms with Crippen molar-refractivity contribution in [2.24, 2.45) is 5.41 Å². The minimum atomic E-state index is -6.04. The van der Waals surface area contributed by atoms with Crippen molar-refractivity contribution < 1.29 is 44.3 Å². The Bertz CT molecular complexity index is 2910. The van der Waals surface area contributed by atoms with Crippen molar-refractivity contribution in [1.29, 1.82) is 0 Å². The number of ether oxygens (including phenoxy) is 2. The molecule has 2 aromatic heterocycles. The molecule has 21 heteroatoms. The molecule has 69 heavy (non-hydrogen) atoms. The molecular formula is C48H56ClF3N8O7S2. The van der Waals surface area contributed by atoms with E-state index in [1.807, 2.05) is 23.9 Å². The predicted octanol–water partition coefficient (Wildman–Crippen LogP) is 7.54. The van der Waals surface area contributed by atoms with Crippen LogP contribution in [0.15, 0.2) is 101 Å². The molecule has 1 atom stereocenters. The highest BCUT2D eigenvalue weighted by Crippen LogP contribution is 2.43. The van der Waals surface area contributed by atoms with Gasteiger partial charge in [0, 0.05) is 87.3 Å². The lowest BCUT2D eigenvalue weighted by Gasteiger charge is -2.41. The lowest BCUT2D eigenvalue weighted by Crippen LogP contribution is -2.47. The van der Waals surface area contributed by atoms with Gasteiger partial charge in [0.25, 0.3) is 25.8 Å². The summed E-state index contributed by atoms with van der Waals surface area (Å²) in [5.74, 6) is -0.927. The van der Waals surface area contributed by atoms with Gasteiger partial charge in [0.15, 0.2) is 0 Å².